The number of amides is 1. The van der Waals surface area contributed by atoms with Gasteiger partial charge in [0.1, 0.15) is 0 Å². The molecule has 0 aromatic heterocycles. The Labute approximate surface area is 137 Å². The van der Waals surface area contributed by atoms with Gasteiger partial charge >= 0.3 is 0 Å². The van der Waals surface area contributed by atoms with Crippen LogP contribution in [-0.4, -0.2) is 11.0 Å². The van der Waals surface area contributed by atoms with Crippen molar-refractivity contribution in [2.75, 3.05) is 0 Å². The molecule has 0 fully saturated rings. The minimum absolute atomic E-state index is 0.250. The zero-order valence-corrected chi connectivity index (χ0v) is 13.5. The lowest BCUT2D eigenvalue weighted by atomic mass is 10.2. The van der Waals surface area contributed by atoms with E-state index in [0.29, 0.717) is 17.2 Å². The second-order valence-corrected chi connectivity index (χ2v) is 5.58. The smallest absolute Gasteiger partial charge is 0.269 e. The maximum absolute atomic E-state index is 11.9. The average molecular weight is 364 g/mol. The first-order chi connectivity index (χ1) is 10.1. The second-order valence-electron chi connectivity index (χ2n) is 4.26. The molecule has 0 aliphatic carbocycles. The molecule has 0 radical (unpaired) electrons. The summed E-state index contributed by atoms with van der Waals surface area (Å²) in [5.74, 6) is -0.250. The third kappa shape index (κ3) is 5.17. The van der Waals surface area contributed by atoms with Crippen LogP contribution in [0.15, 0.2) is 59.1 Å². The van der Waals surface area contributed by atoms with Crippen LogP contribution in [0.3, 0.4) is 0 Å². The SMILES string of the molecule is O=C(NNC(=S)NCc1ccccc1)c1cccc(Br)c1. The topological polar surface area (TPSA) is 53.2 Å². The molecule has 2 rings (SSSR count). The van der Waals surface area contributed by atoms with Gasteiger partial charge in [-0.3, -0.25) is 15.6 Å². The van der Waals surface area contributed by atoms with E-state index in [0.717, 1.165) is 10.0 Å². The van der Waals surface area contributed by atoms with Crippen molar-refractivity contribution in [3.05, 3.63) is 70.2 Å². The van der Waals surface area contributed by atoms with Crippen LogP contribution in [0, 0.1) is 0 Å². The molecule has 0 atom stereocenters. The van der Waals surface area contributed by atoms with Crippen molar-refractivity contribution in [2.45, 2.75) is 6.54 Å². The summed E-state index contributed by atoms with van der Waals surface area (Å²) in [7, 11) is 0. The normalized spacial score (nSPS) is 9.76. The van der Waals surface area contributed by atoms with Crippen LogP contribution in [-0.2, 0) is 6.54 Å². The van der Waals surface area contributed by atoms with Gasteiger partial charge in [0.05, 0.1) is 0 Å². The van der Waals surface area contributed by atoms with Crippen molar-refractivity contribution in [2.24, 2.45) is 0 Å². The van der Waals surface area contributed by atoms with E-state index in [9.17, 15) is 4.79 Å². The van der Waals surface area contributed by atoms with Crippen molar-refractivity contribution in [1.29, 1.82) is 0 Å². The second kappa shape index (κ2) is 7.75. The molecule has 108 valence electrons. The average Bonchev–Trinajstić information content (AvgIpc) is 2.51. The first kappa shape index (κ1) is 15.5. The van der Waals surface area contributed by atoms with Gasteiger partial charge in [-0.05, 0) is 36.0 Å². The summed E-state index contributed by atoms with van der Waals surface area (Å²) in [6.07, 6.45) is 0. The summed E-state index contributed by atoms with van der Waals surface area (Å²) >= 11 is 8.42. The molecule has 0 aliphatic heterocycles. The number of benzene rings is 2. The fourth-order valence-electron chi connectivity index (χ4n) is 1.64. The van der Waals surface area contributed by atoms with Crippen molar-refractivity contribution in [1.82, 2.24) is 16.2 Å². The molecule has 0 unspecified atom stereocenters. The lowest BCUT2D eigenvalue weighted by Crippen LogP contribution is -2.46. The molecule has 21 heavy (non-hydrogen) atoms. The summed E-state index contributed by atoms with van der Waals surface area (Å²) in [5.41, 5.74) is 6.88. The largest absolute Gasteiger partial charge is 0.357 e. The van der Waals surface area contributed by atoms with Gasteiger partial charge in [-0.2, -0.15) is 0 Å². The van der Waals surface area contributed by atoms with Gasteiger partial charge in [-0.25, -0.2) is 0 Å². The fourth-order valence-corrected chi connectivity index (χ4v) is 2.16. The summed E-state index contributed by atoms with van der Waals surface area (Å²) in [6, 6.07) is 17.0. The molecule has 1 amide bonds. The van der Waals surface area contributed by atoms with E-state index in [-0.39, 0.29) is 5.91 Å². The first-order valence-corrected chi connectivity index (χ1v) is 7.49. The summed E-state index contributed by atoms with van der Waals surface area (Å²) < 4.78 is 0.847. The number of thiocarbonyl (C=S) groups is 1. The van der Waals surface area contributed by atoms with Crippen LogP contribution in [0.25, 0.3) is 0 Å². The molecule has 0 aliphatic rings. The van der Waals surface area contributed by atoms with E-state index in [1.165, 1.54) is 0 Å². The molecule has 2 aromatic carbocycles. The minimum Gasteiger partial charge on any atom is -0.357 e. The number of rotatable bonds is 3. The Bertz CT molecular complexity index is 634. The summed E-state index contributed by atoms with van der Waals surface area (Å²) in [4.78, 5) is 11.9. The quantitative estimate of drug-likeness (QED) is 0.579. The van der Waals surface area contributed by atoms with Crippen LogP contribution >= 0.6 is 28.1 Å². The number of nitrogens with one attached hydrogen (secondary N) is 3. The van der Waals surface area contributed by atoms with Crippen LogP contribution in [0.4, 0.5) is 0 Å². The van der Waals surface area contributed by atoms with E-state index >= 15 is 0 Å². The van der Waals surface area contributed by atoms with Crippen molar-refractivity contribution in [3.63, 3.8) is 0 Å². The van der Waals surface area contributed by atoms with E-state index in [1.807, 2.05) is 36.4 Å². The maximum atomic E-state index is 11.9. The van der Waals surface area contributed by atoms with Crippen molar-refractivity contribution < 1.29 is 4.79 Å². The van der Waals surface area contributed by atoms with Gasteiger partial charge in [-0.1, -0.05) is 52.3 Å². The van der Waals surface area contributed by atoms with Gasteiger partial charge in [0.25, 0.3) is 5.91 Å². The number of hydrogen-bond donors (Lipinski definition) is 3. The van der Waals surface area contributed by atoms with Crippen LogP contribution in [0.2, 0.25) is 0 Å². The summed E-state index contributed by atoms with van der Waals surface area (Å²) in [6.45, 7) is 0.597. The zero-order chi connectivity index (χ0) is 15.1. The van der Waals surface area contributed by atoms with Crippen LogP contribution in [0.1, 0.15) is 15.9 Å². The van der Waals surface area contributed by atoms with Crippen molar-refractivity contribution in [3.8, 4) is 0 Å². The van der Waals surface area contributed by atoms with E-state index in [1.54, 1.807) is 18.2 Å². The predicted octanol–water partition coefficient (Wildman–Crippen LogP) is 2.76. The summed E-state index contributed by atoms with van der Waals surface area (Å²) in [5, 5.41) is 3.38. The highest BCUT2D eigenvalue weighted by molar-refractivity contribution is 9.10. The Morgan fingerprint density at radius 2 is 1.81 bits per heavy atom. The fraction of sp³-hybridized carbons (Fsp3) is 0.0667. The van der Waals surface area contributed by atoms with Gasteiger partial charge in [0.2, 0.25) is 0 Å². The Morgan fingerprint density at radius 3 is 2.52 bits per heavy atom. The standard InChI is InChI=1S/C15H14BrN3OS/c16-13-8-4-7-12(9-13)14(20)18-19-15(21)17-10-11-5-2-1-3-6-11/h1-9H,10H2,(H,18,20)(H2,17,19,21). The molecule has 0 bridgehead atoms. The monoisotopic (exact) mass is 363 g/mol. The number of hydrazine groups is 1. The third-order valence-corrected chi connectivity index (χ3v) is 3.41. The third-order valence-electron chi connectivity index (χ3n) is 2.67. The highest BCUT2D eigenvalue weighted by Gasteiger charge is 2.05. The lowest BCUT2D eigenvalue weighted by molar-refractivity contribution is 0.0943. The van der Waals surface area contributed by atoms with Gasteiger partial charge in [-0.15, -0.1) is 0 Å². The van der Waals surface area contributed by atoms with E-state index < -0.39 is 0 Å². The Balaban J connectivity index is 1.77. The van der Waals surface area contributed by atoms with E-state index in [4.69, 9.17) is 12.2 Å². The molecule has 0 spiro atoms. The zero-order valence-electron chi connectivity index (χ0n) is 11.1. The lowest BCUT2D eigenvalue weighted by Gasteiger charge is -2.11. The van der Waals surface area contributed by atoms with Crippen molar-refractivity contribution >= 4 is 39.2 Å². The predicted molar refractivity (Wildman–Crippen MR) is 90.6 cm³/mol. The molecule has 0 saturated heterocycles. The molecular weight excluding hydrogens is 350 g/mol. The van der Waals surface area contributed by atoms with Crippen LogP contribution < -0.4 is 16.2 Å². The highest BCUT2D eigenvalue weighted by Crippen LogP contribution is 2.11. The number of carbonyl (C=O) groups excluding carboxylic acids is 1. The molecule has 3 N–H and O–H groups in total. The van der Waals surface area contributed by atoms with Gasteiger partial charge in [0.15, 0.2) is 5.11 Å². The Hall–Kier alpha value is -1.92. The van der Waals surface area contributed by atoms with Gasteiger partial charge in [0, 0.05) is 16.6 Å². The number of hydrogen-bond acceptors (Lipinski definition) is 2. The molecule has 6 heteroatoms. The molecule has 2 aromatic rings. The van der Waals surface area contributed by atoms with Crippen LogP contribution in [0.5, 0.6) is 0 Å². The maximum Gasteiger partial charge on any atom is 0.269 e. The molecule has 0 heterocycles. The van der Waals surface area contributed by atoms with E-state index in [2.05, 4.69) is 32.1 Å². The highest BCUT2D eigenvalue weighted by atomic mass is 79.9. The van der Waals surface area contributed by atoms with Gasteiger partial charge < -0.3 is 5.32 Å². The Kier molecular flexibility index (Phi) is 5.71. The minimum atomic E-state index is -0.250. The molecular formula is C15H14BrN3OS. The Morgan fingerprint density at radius 1 is 1.05 bits per heavy atom. The molecule has 4 nitrogen and oxygen atoms in total. The number of carbonyl (C=O) groups is 1. The first-order valence-electron chi connectivity index (χ1n) is 6.29. The molecule has 0 saturated carbocycles. The number of halogens is 1.